The lowest BCUT2D eigenvalue weighted by Gasteiger charge is -2.18. The van der Waals surface area contributed by atoms with Crippen LogP contribution in [0.1, 0.15) is 30.0 Å². The van der Waals surface area contributed by atoms with Crippen molar-refractivity contribution in [3.63, 3.8) is 0 Å². The number of rotatable bonds is 4. The van der Waals surface area contributed by atoms with Gasteiger partial charge in [-0.15, -0.1) is 0 Å². The fourth-order valence-electron chi connectivity index (χ4n) is 2.19. The fraction of sp³-hybridized carbons (Fsp3) is 0.312. The Balaban J connectivity index is 2.54. The molecule has 0 fully saturated rings. The molecule has 1 amide bonds. The largest absolute Gasteiger partial charge is 0.338 e. The van der Waals surface area contributed by atoms with E-state index in [-0.39, 0.29) is 17.0 Å². The maximum atomic E-state index is 12.4. The molecule has 0 N–H and O–H groups in total. The first kappa shape index (κ1) is 15.0. The van der Waals surface area contributed by atoms with Crippen LogP contribution in [0.4, 0.5) is 0 Å². The highest BCUT2D eigenvalue weighted by Gasteiger charge is 2.19. The van der Waals surface area contributed by atoms with Gasteiger partial charge in [-0.2, -0.15) is 5.10 Å². The molecular formula is C16H19N3O2. The molecule has 5 heteroatoms. The lowest BCUT2D eigenvalue weighted by Crippen LogP contribution is -2.36. The highest BCUT2D eigenvalue weighted by Crippen LogP contribution is 2.08. The van der Waals surface area contributed by atoms with Crippen molar-refractivity contribution in [1.82, 2.24) is 14.7 Å². The van der Waals surface area contributed by atoms with Gasteiger partial charge in [-0.25, -0.2) is 4.68 Å². The summed E-state index contributed by atoms with van der Waals surface area (Å²) in [7, 11) is 0. The molecule has 0 saturated carbocycles. The van der Waals surface area contributed by atoms with Crippen molar-refractivity contribution in [3.05, 3.63) is 58.0 Å². The van der Waals surface area contributed by atoms with E-state index < -0.39 is 0 Å². The van der Waals surface area contributed by atoms with Crippen molar-refractivity contribution in [2.75, 3.05) is 13.1 Å². The summed E-state index contributed by atoms with van der Waals surface area (Å²) in [6.45, 7) is 6.66. The van der Waals surface area contributed by atoms with Crippen molar-refractivity contribution in [2.45, 2.75) is 20.8 Å². The Kier molecular flexibility index (Phi) is 4.52. The van der Waals surface area contributed by atoms with E-state index in [0.29, 0.717) is 18.8 Å². The first-order chi connectivity index (χ1) is 10.1. The zero-order valence-corrected chi connectivity index (χ0v) is 12.5. The minimum Gasteiger partial charge on any atom is -0.338 e. The molecule has 21 heavy (non-hydrogen) atoms. The van der Waals surface area contributed by atoms with Gasteiger partial charge in [0.1, 0.15) is 0 Å². The van der Waals surface area contributed by atoms with Crippen LogP contribution in [-0.2, 0) is 0 Å². The first-order valence-electron chi connectivity index (χ1n) is 7.04. The summed E-state index contributed by atoms with van der Waals surface area (Å²) in [4.78, 5) is 26.0. The minimum absolute atomic E-state index is 0.0341. The van der Waals surface area contributed by atoms with Crippen molar-refractivity contribution < 1.29 is 4.79 Å². The van der Waals surface area contributed by atoms with Crippen LogP contribution in [0.15, 0.2) is 41.2 Å². The summed E-state index contributed by atoms with van der Waals surface area (Å²) in [5.41, 5.74) is 1.15. The molecule has 0 aliphatic heterocycles. The number of para-hydroxylation sites is 1. The number of aryl methyl sites for hydroxylation is 1. The van der Waals surface area contributed by atoms with Gasteiger partial charge >= 0.3 is 0 Å². The third-order valence-electron chi connectivity index (χ3n) is 3.36. The Bertz CT molecular complexity index is 688. The normalized spacial score (nSPS) is 10.4. The van der Waals surface area contributed by atoms with Gasteiger partial charge in [0.05, 0.1) is 5.69 Å². The summed E-state index contributed by atoms with van der Waals surface area (Å²) in [5, 5.41) is 4.27. The number of carbonyl (C=O) groups excluding carboxylic acids is 1. The second-order valence-corrected chi connectivity index (χ2v) is 4.72. The first-order valence-corrected chi connectivity index (χ1v) is 7.04. The van der Waals surface area contributed by atoms with Gasteiger partial charge in [0.25, 0.3) is 5.91 Å². The van der Waals surface area contributed by atoms with E-state index in [9.17, 15) is 9.59 Å². The van der Waals surface area contributed by atoms with Crippen molar-refractivity contribution >= 4 is 5.91 Å². The molecule has 0 saturated heterocycles. The SMILES string of the molecule is CCN(CC)C(=O)c1nn(-c2ccccc2)c(C)cc1=O. The van der Waals surface area contributed by atoms with E-state index in [1.54, 1.807) is 16.5 Å². The van der Waals surface area contributed by atoms with E-state index in [1.807, 2.05) is 44.2 Å². The van der Waals surface area contributed by atoms with Gasteiger partial charge in [-0.3, -0.25) is 9.59 Å². The topological polar surface area (TPSA) is 55.2 Å². The summed E-state index contributed by atoms with van der Waals surface area (Å²) in [5.74, 6) is -0.324. The average molecular weight is 285 g/mol. The number of benzene rings is 1. The third-order valence-corrected chi connectivity index (χ3v) is 3.36. The van der Waals surface area contributed by atoms with Crippen LogP contribution in [0.5, 0.6) is 0 Å². The highest BCUT2D eigenvalue weighted by atomic mass is 16.2. The maximum absolute atomic E-state index is 12.4. The molecule has 0 atom stereocenters. The Morgan fingerprint density at radius 2 is 1.81 bits per heavy atom. The van der Waals surface area contributed by atoms with Crippen LogP contribution < -0.4 is 5.43 Å². The van der Waals surface area contributed by atoms with Gasteiger partial charge < -0.3 is 4.90 Å². The molecule has 0 spiro atoms. The van der Waals surface area contributed by atoms with Gasteiger partial charge in [0, 0.05) is 24.8 Å². The Hall–Kier alpha value is -2.43. The maximum Gasteiger partial charge on any atom is 0.278 e. The molecule has 1 heterocycles. The molecule has 0 aliphatic carbocycles. The predicted molar refractivity (Wildman–Crippen MR) is 81.8 cm³/mol. The zero-order chi connectivity index (χ0) is 15.4. The number of aromatic nitrogens is 2. The molecule has 2 aromatic rings. The summed E-state index contributed by atoms with van der Waals surface area (Å²) in [6, 6.07) is 10.9. The third kappa shape index (κ3) is 3.02. The van der Waals surface area contributed by atoms with Crippen LogP contribution >= 0.6 is 0 Å². The van der Waals surface area contributed by atoms with E-state index in [0.717, 1.165) is 5.69 Å². The monoisotopic (exact) mass is 285 g/mol. The zero-order valence-electron chi connectivity index (χ0n) is 12.5. The number of carbonyl (C=O) groups is 1. The molecule has 2 rings (SSSR count). The van der Waals surface area contributed by atoms with Crippen LogP contribution in [0, 0.1) is 6.92 Å². The predicted octanol–water partition coefficient (Wildman–Crippen LogP) is 2.02. The van der Waals surface area contributed by atoms with Crippen molar-refractivity contribution in [1.29, 1.82) is 0 Å². The lowest BCUT2D eigenvalue weighted by atomic mass is 10.2. The number of hydrogen-bond donors (Lipinski definition) is 0. The molecule has 110 valence electrons. The summed E-state index contributed by atoms with van der Waals surface area (Å²) < 4.78 is 1.62. The number of amides is 1. The van der Waals surface area contributed by atoms with E-state index in [2.05, 4.69) is 5.10 Å². The number of hydrogen-bond acceptors (Lipinski definition) is 3. The second-order valence-electron chi connectivity index (χ2n) is 4.72. The van der Waals surface area contributed by atoms with Crippen LogP contribution in [0.25, 0.3) is 5.69 Å². The van der Waals surface area contributed by atoms with Crippen LogP contribution in [0.2, 0.25) is 0 Å². The minimum atomic E-state index is -0.336. The molecule has 5 nitrogen and oxygen atoms in total. The average Bonchev–Trinajstić information content (AvgIpc) is 2.49. The Morgan fingerprint density at radius 3 is 2.38 bits per heavy atom. The summed E-state index contributed by atoms with van der Waals surface area (Å²) >= 11 is 0. The van der Waals surface area contributed by atoms with E-state index in [4.69, 9.17) is 0 Å². The molecule has 1 aromatic heterocycles. The molecule has 0 radical (unpaired) electrons. The highest BCUT2D eigenvalue weighted by molar-refractivity contribution is 5.92. The summed E-state index contributed by atoms with van der Waals surface area (Å²) in [6.07, 6.45) is 0. The van der Waals surface area contributed by atoms with Gasteiger partial charge in [-0.1, -0.05) is 18.2 Å². The van der Waals surface area contributed by atoms with Gasteiger partial charge in [0.15, 0.2) is 5.69 Å². The van der Waals surface area contributed by atoms with Gasteiger partial charge in [-0.05, 0) is 32.9 Å². The standard InChI is InChI=1S/C16H19N3O2/c1-4-18(5-2)16(21)15-14(20)11-12(3)19(17-15)13-9-7-6-8-10-13/h6-11H,4-5H2,1-3H3. The number of nitrogens with zero attached hydrogens (tertiary/aromatic N) is 3. The lowest BCUT2D eigenvalue weighted by molar-refractivity contribution is 0.0763. The van der Waals surface area contributed by atoms with Crippen LogP contribution in [0.3, 0.4) is 0 Å². The fourth-order valence-corrected chi connectivity index (χ4v) is 2.19. The quantitative estimate of drug-likeness (QED) is 0.863. The molecular weight excluding hydrogens is 266 g/mol. The molecule has 0 aliphatic rings. The molecule has 1 aromatic carbocycles. The van der Waals surface area contributed by atoms with Crippen molar-refractivity contribution in [2.24, 2.45) is 0 Å². The van der Waals surface area contributed by atoms with Crippen LogP contribution in [-0.4, -0.2) is 33.7 Å². The smallest absolute Gasteiger partial charge is 0.278 e. The molecule has 0 unspecified atom stereocenters. The van der Waals surface area contributed by atoms with E-state index >= 15 is 0 Å². The molecule has 0 bridgehead atoms. The van der Waals surface area contributed by atoms with E-state index in [1.165, 1.54) is 6.07 Å². The Labute approximate surface area is 123 Å². The van der Waals surface area contributed by atoms with Gasteiger partial charge in [0.2, 0.25) is 5.43 Å². The Morgan fingerprint density at radius 1 is 1.19 bits per heavy atom. The second kappa shape index (κ2) is 6.35. The van der Waals surface area contributed by atoms with Crippen molar-refractivity contribution in [3.8, 4) is 5.69 Å².